The van der Waals surface area contributed by atoms with E-state index in [1.54, 1.807) is 7.11 Å². The molecule has 0 saturated carbocycles. The minimum Gasteiger partial charge on any atom is -0.496 e. The molecule has 6 heteroatoms. The van der Waals surface area contributed by atoms with Crippen molar-refractivity contribution in [1.82, 2.24) is 14.9 Å². The van der Waals surface area contributed by atoms with Crippen LogP contribution in [-0.4, -0.2) is 43.3 Å². The number of methoxy groups -OCH3 is 1. The topological polar surface area (TPSA) is 59.4 Å². The van der Waals surface area contributed by atoms with Crippen LogP contribution in [0.15, 0.2) is 47.3 Å². The molecule has 170 valence electrons. The van der Waals surface area contributed by atoms with E-state index in [1.165, 1.54) is 0 Å². The van der Waals surface area contributed by atoms with Crippen molar-refractivity contribution in [1.29, 1.82) is 0 Å². The van der Waals surface area contributed by atoms with E-state index >= 15 is 0 Å². The Bertz CT molecular complexity index is 1120. The zero-order valence-electron chi connectivity index (χ0n) is 19.4. The largest absolute Gasteiger partial charge is 0.496 e. The molecule has 1 atom stereocenters. The number of fused-ring (bicyclic) bond motifs is 1. The zero-order chi connectivity index (χ0) is 22.5. The lowest BCUT2D eigenvalue weighted by atomic mass is 9.99. The number of piperidine rings is 1. The fourth-order valence-corrected chi connectivity index (χ4v) is 4.51. The molecule has 1 aliphatic heterocycles. The highest BCUT2D eigenvalue weighted by molar-refractivity contribution is 5.84. The minimum absolute atomic E-state index is 0.0206. The number of unbranched alkanes of at least 4 members (excludes halogenated alkanes) is 1. The van der Waals surface area contributed by atoms with Gasteiger partial charge in [-0.1, -0.05) is 25.5 Å². The van der Waals surface area contributed by atoms with E-state index in [9.17, 15) is 4.79 Å². The summed E-state index contributed by atoms with van der Waals surface area (Å²) in [7, 11) is 3.74. The normalized spacial score (nSPS) is 16.3. The number of hydrogen-bond donors (Lipinski definition) is 1. The molecule has 1 N–H and O–H groups in total. The Hall–Kier alpha value is -2.86. The number of ether oxygens (including phenoxy) is 1. The highest BCUT2D eigenvalue weighted by Gasteiger charge is 2.21. The molecule has 0 spiro atoms. The third kappa shape index (κ3) is 4.65. The molecule has 1 aromatic heterocycles. The lowest BCUT2D eigenvalue weighted by Crippen LogP contribution is -2.35. The van der Waals surface area contributed by atoms with Gasteiger partial charge in [0.2, 0.25) is 0 Å². The highest BCUT2D eigenvalue weighted by Crippen LogP contribution is 2.30. The van der Waals surface area contributed by atoms with E-state index in [4.69, 9.17) is 9.72 Å². The quantitative estimate of drug-likeness (QED) is 0.573. The summed E-state index contributed by atoms with van der Waals surface area (Å²) in [6, 6.07) is 13.8. The fraction of sp³-hybridized carbons (Fsp3) is 0.462. The lowest BCUT2D eigenvalue weighted by molar-refractivity contribution is 0.334. The van der Waals surface area contributed by atoms with Gasteiger partial charge >= 0.3 is 0 Å². The number of hydrogen-bond acceptors (Lipinski definition) is 5. The van der Waals surface area contributed by atoms with Crippen LogP contribution in [0.1, 0.15) is 32.6 Å². The van der Waals surface area contributed by atoms with E-state index in [-0.39, 0.29) is 5.56 Å². The molecule has 6 nitrogen and oxygen atoms in total. The SMILES string of the molecule is CCCCN(C)c1ccc2nc(-c3ccccc3OC)n(CC3CCCNC3)c(=O)c2c1. The summed E-state index contributed by atoms with van der Waals surface area (Å²) >= 11 is 0. The van der Waals surface area contributed by atoms with Gasteiger partial charge in [-0.05, 0) is 68.6 Å². The summed E-state index contributed by atoms with van der Waals surface area (Å²) in [6.45, 7) is 5.79. The summed E-state index contributed by atoms with van der Waals surface area (Å²) in [5.41, 5.74) is 2.65. The van der Waals surface area contributed by atoms with E-state index in [0.29, 0.717) is 23.7 Å². The van der Waals surface area contributed by atoms with Crippen molar-refractivity contribution in [2.75, 3.05) is 38.7 Å². The number of aromatic nitrogens is 2. The van der Waals surface area contributed by atoms with Crippen molar-refractivity contribution in [3.63, 3.8) is 0 Å². The molecule has 1 saturated heterocycles. The molecule has 1 fully saturated rings. The summed E-state index contributed by atoms with van der Waals surface area (Å²) in [4.78, 5) is 21.0. The van der Waals surface area contributed by atoms with E-state index < -0.39 is 0 Å². The van der Waals surface area contributed by atoms with Crippen molar-refractivity contribution < 1.29 is 4.74 Å². The minimum atomic E-state index is 0.0206. The van der Waals surface area contributed by atoms with Gasteiger partial charge in [0.25, 0.3) is 5.56 Å². The molecule has 2 heterocycles. The molecular weight excluding hydrogens is 400 g/mol. The van der Waals surface area contributed by atoms with Crippen LogP contribution in [-0.2, 0) is 6.54 Å². The van der Waals surface area contributed by atoms with Crippen LogP contribution in [0.2, 0.25) is 0 Å². The van der Waals surface area contributed by atoms with Crippen molar-refractivity contribution in [3.05, 3.63) is 52.8 Å². The van der Waals surface area contributed by atoms with Crippen LogP contribution in [0.3, 0.4) is 0 Å². The van der Waals surface area contributed by atoms with Gasteiger partial charge in [0.1, 0.15) is 11.6 Å². The Labute approximate surface area is 190 Å². The monoisotopic (exact) mass is 434 g/mol. The van der Waals surface area contributed by atoms with Gasteiger partial charge in [0.15, 0.2) is 0 Å². The first-order valence-corrected chi connectivity index (χ1v) is 11.7. The van der Waals surface area contributed by atoms with Gasteiger partial charge in [0, 0.05) is 25.8 Å². The van der Waals surface area contributed by atoms with E-state index in [0.717, 1.165) is 67.8 Å². The predicted molar refractivity (Wildman–Crippen MR) is 132 cm³/mol. The lowest BCUT2D eigenvalue weighted by Gasteiger charge is -2.25. The van der Waals surface area contributed by atoms with Crippen molar-refractivity contribution in [2.45, 2.75) is 39.2 Å². The maximum atomic E-state index is 13.8. The summed E-state index contributed by atoms with van der Waals surface area (Å²) in [5, 5.41) is 4.14. The number of nitrogens with zero attached hydrogens (tertiary/aromatic N) is 3. The maximum Gasteiger partial charge on any atom is 0.261 e. The van der Waals surface area contributed by atoms with Crippen molar-refractivity contribution in [3.8, 4) is 17.1 Å². The molecule has 3 aromatic rings. The second-order valence-corrected chi connectivity index (χ2v) is 8.74. The molecule has 0 radical (unpaired) electrons. The van der Waals surface area contributed by atoms with Gasteiger partial charge in [-0.2, -0.15) is 0 Å². The molecule has 4 rings (SSSR count). The second kappa shape index (κ2) is 10.2. The average molecular weight is 435 g/mol. The number of anilines is 1. The van der Waals surface area contributed by atoms with Gasteiger partial charge < -0.3 is 15.0 Å². The molecular formula is C26H34N4O2. The van der Waals surface area contributed by atoms with Crippen LogP contribution in [0, 0.1) is 5.92 Å². The predicted octanol–water partition coefficient (Wildman–Crippen LogP) is 4.31. The van der Waals surface area contributed by atoms with E-state index in [2.05, 4.69) is 30.3 Å². The fourth-order valence-electron chi connectivity index (χ4n) is 4.51. The van der Waals surface area contributed by atoms with Crippen LogP contribution >= 0.6 is 0 Å². The summed E-state index contributed by atoms with van der Waals surface area (Å²) in [5.74, 6) is 1.81. The third-order valence-electron chi connectivity index (χ3n) is 6.41. The van der Waals surface area contributed by atoms with Gasteiger partial charge in [0.05, 0.1) is 23.6 Å². The molecule has 0 aliphatic carbocycles. The first-order chi connectivity index (χ1) is 15.6. The molecule has 2 aromatic carbocycles. The Balaban J connectivity index is 1.85. The maximum absolute atomic E-state index is 13.8. The molecule has 1 aliphatic rings. The standard InChI is InChI=1S/C26H34N4O2/c1-4-5-15-29(2)20-12-13-23-22(16-20)26(31)30(18-19-9-8-14-27-17-19)25(28-23)21-10-6-7-11-24(21)32-3/h6-7,10-13,16,19,27H,4-5,8-9,14-15,17-18H2,1-3H3. The van der Waals surface area contributed by atoms with E-state index in [1.807, 2.05) is 41.0 Å². The number of nitrogens with one attached hydrogen (secondary N) is 1. The van der Waals surface area contributed by atoms with Crippen molar-refractivity contribution in [2.24, 2.45) is 5.92 Å². The van der Waals surface area contributed by atoms with Crippen LogP contribution in [0.4, 0.5) is 5.69 Å². The Morgan fingerprint density at radius 1 is 1.25 bits per heavy atom. The number of rotatable bonds is 8. The number of para-hydroxylation sites is 1. The summed E-state index contributed by atoms with van der Waals surface area (Å²) in [6.07, 6.45) is 4.52. The third-order valence-corrected chi connectivity index (χ3v) is 6.41. The first kappa shape index (κ1) is 22.3. The van der Waals surface area contributed by atoms with Gasteiger partial charge in [-0.15, -0.1) is 0 Å². The average Bonchev–Trinajstić information content (AvgIpc) is 2.84. The molecule has 0 bridgehead atoms. The Morgan fingerprint density at radius 3 is 2.84 bits per heavy atom. The molecule has 0 amide bonds. The van der Waals surface area contributed by atoms with Gasteiger partial charge in [-0.3, -0.25) is 9.36 Å². The zero-order valence-corrected chi connectivity index (χ0v) is 19.4. The van der Waals surface area contributed by atoms with Crippen LogP contribution in [0.25, 0.3) is 22.3 Å². The first-order valence-electron chi connectivity index (χ1n) is 11.7. The molecule has 32 heavy (non-hydrogen) atoms. The Morgan fingerprint density at radius 2 is 2.09 bits per heavy atom. The smallest absolute Gasteiger partial charge is 0.261 e. The van der Waals surface area contributed by atoms with Gasteiger partial charge in [-0.25, -0.2) is 4.98 Å². The molecule has 1 unspecified atom stereocenters. The van der Waals surface area contributed by atoms with Crippen molar-refractivity contribution >= 4 is 16.6 Å². The summed E-state index contributed by atoms with van der Waals surface area (Å²) < 4.78 is 7.48. The van der Waals surface area contributed by atoms with Crippen LogP contribution in [0.5, 0.6) is 5.75 Å². The second-order valence-electron chi connectivity index (χ2n) is 8.74. The van der Waals surface area contributed by atoms with Crippen LogP contribution < -0.4 is 20.5 Å². The number of benzene rings is 2. The Kier molecular flexibility index (Phi) is 7.10. The highest BCUT2D eigenvalue weighted by atomic mass is 16.5.